The van der Waals surface area contributed by atoms with Crippen molar-refractivity contribution >= 4 is 5.91 Å². The molecule has 184 valence electrons. The molecule has 1 heterocycles. The van der Waals surface area contributed by atoms with E-state index in [1.54, 1.807) is 7.11 Å². The lowest BCUT2D eigenvalue weighted by molar-refractivity contribution is 0.0950. The number of para-hydroxylation sites is 1. The molecule has 1 N–H and O–H groups in total. The predicted molar refractivity (Wildman–Crippen MR) is 141 cm³/mol. The van der Waals surface area contributed by atoms with E-state index in [0.29, 0.717) is 24.8 Å². The lowest BCUT2D eigenvalue weighted by Gasteiger charge is -2.35. The van der Waals surface area contributed by atoms with Gasteiger partial charge in [-0.3, -0.25) is 9.69 Å². The normalized spacial score (nSPS) is 14.8. The number of unbranched alkanes of at least 4 members (excludes halogenated alkanes) is 1. The fourth-order valence-corrected chi connectivity index (χ4v) is 4.73. The van der Waals surface area contributed by atoms with Gasteiger partial charge in [-0.1, -0.05) is 61.5 Å². The molecule has 0 bridgehead atoms. The second-order valence-electron chi connectivity index (χ2n) is 9.06. The third-order valence-corrected chi connectivity index (χ3v) is 6.60. The minimum atomic E-state index is -0.0127. The van der Waals surface area contributed by atoms with Crippen LogP contribution < -0.4 is 14.8 Å². The molecule has 3 aromatic rings. The highest BCUT2D eigenvalue weighted by atomic mass is 16.5. The van der Waals surface area contributed by atoms with Crippen LogP contribution >= 0.6 is 0 Å². The van der Waals surface area contributed by atoms with Crippen molar-refractivity contribution in [2.75, 3.05) is 33.4 Å². The number of nitrogens with zero attached hydrogens (tertiary/aromatic N) is 1. The minimum absolute atomic E-state index is 0.0127. The summed E-state index contributed by atoms with van der Waals surface area (Å²) in [4.78, 5) is 15.1. The van der Waals surface area contributed by atoms with Gasteiger partial charge < -0.3 is 14.8 Å². The number of rotatable bonds is 11. The smallest absolute Gasteiger partial charge is 0.251 e. The number of methoxy groups -OCH3 is 1. The van der Waals surface area contributed by atoms with E-state index in [0.717, 1.165) is 61.4 Å². The van der Waals surface area contributed by atoms with E-state index in [2.05, 4.69) is 35.3 Å². The van der Waals surface area contributed by atoms with E-state index in [-0.39, 0.29) is 5.91 Å². The minimum Gasteiger partial charge on any atom is -0.493 e. The van der Waals surface area contributed by atoms with Gasteiger partial charge in [-0.05, 0) is 73.7 Å². The van der Waals surface area contributed by atoms with Crippen LogP contribution in [0.15, 0.2) is 72.8 Å². The molecule has 0 fully saturated rings. The number of nitrogens with one attached hydrogen (secondary N) is 1. The first-order chi connectivity index (χ1) is 17.2. The monoisotopic (exact) mass is 472 g/mol. The van der Waals surface area contributed by atoms with Crippen LogP contribution in [0.2, 0.25) is 0 Å². The van der Waals surface area contributed by atoms with Gasteiger partial charge in [-0.25, -0.2) is 0 Å². The highest BCUT2D eigenvalue weighted by molar-refractivity contribution is 5.94. The maximum atomic E-state index is 12.6. The summed E-state index contributed by atoms with van der Waals surface area (Å²) in [6.07, 6.45) is 4.07. The van der Waals surface area contributed by atoms with Gasteiger partial charge in [0.2, 0.25) is 0 Å². The number of carbonyl (C=O) groups excluding carboxylic acids is 1. The standard InChI is InChI=1S/C30H36N2O3/c1-3-19-32(27-21-26-12-9-13-28(34-2)29(26)35-22-27)20-8-7-18-31-30(33)25-16-14-24(15-17-25)23-10-5-4-6-11-23/h4-6,9-17,27H,3,7-8,18-22H2,1-2H3,(H,31,33). The molecule has 1 atom stereocenters. The average molecular weight is 473 g/mol. The van der Waals surface area contributed by atoms with Crippen molar-refractivity contribution in [1.82, 2.24) is 10.2 Å². The molecule has 4 rings (SSSR count). The van der Waals surface area contributed by atoms with Crippen LogP contribution in [0.5, 0.6) is 11.5 Å². The number of hydrogen-bond acceptors (Lipinski definition) is 4. The lowest BCUT2D eigenvalue weighted by Crippen LogP contribution is -2.44. The van der Waals surface area contributed by atoms with Crippen LogP contribution in [0.4, 0.5) is 0 Å². The van der Waals surface area contributed by atoms with Crippen molar-refractivity contribution in [2.24, 2.45) is 0 Å². The van der Waals surface area contributed by atoms with Gasteiger partial charge in [0.1, 0.15) is 6.61 Å². The highest BCUT2D eigenvalue weighted by Gasteiger charge is 2.26. The second-order valence-corrected chi connectivity index (χ2v) is 9.06. The molecule has 0 aromatic heterocycles. The molecule has 1 aliphatic heterocycles. The largest absolute Gasteiger partial charge is 0.493 e. The zero-order chi connectivity index (χ0) is 24.5. The molecule has 0 spiro atoms. The van der Waals surface area contributed by atoms with Gasteiger partial charge in [-0.2, -0.15) is 0 Å². The Morgan fingerprint density at radius 1 is 0.971 bits per heavy atom. The molecule has 5 nitrogen and oxygen atoms in total. The molecule has 35 heavy (non-hydrogen) atoms. The average Bonchev–Trinajstić information content (AvgIpc) is 2.92. The van der Waals surface area contributed by atoms with Gasteiger partial charge in [0, 0.05) is 18.2 Å². The summed E-state index contributed by atoms with van der Waals surface area (Å²) >= 11 is 0. The lowest BCUT2D eigenvalue weighted by atomic mass is 10.0. The van der Waals surface area contributed by atoms with Gasteiger partial charge in [0.15, 0.2) is 11.5 Å². The Labute approximate surface area is 209 Å². The van der Waals surface area contributed by atoms with Crippen molar-refractivity contribution in [2.45, 2.75) is 38.6 Å². The quantitative estimate of drug-likeness (QED) is 0.370. The number of carbonyl (C=O) groups is 1. The molecule has 1 aliphatic rings. The van der Waals surface area contributed by atoms with Gasteiger partial charge >= 0.3 is 0 Å². The molecule has 0 radical (unpaired) electrons. The van der Waals surface area contributed by atoms with E-state index >= 15 is 0 Å². The van der Waals surface area contributed by atoms with E-state index in [1.165, 1.54) is 5.56 Å². The topological polar surface area (TPSA) is 50.8 Å². The van der Waals surface area contributed by atoms with Gasteiger partial charge in [0.25, 0.3) is 5.91 Å². The Bertz CT molecular complexity index is 1080. The number of hydrogen-bond donors (Lipinski definition) is 1. The molecule has 1 unspecified atom stereocenters. The Morgan fingerprint density at radius 3 is 2.49 bits per heavy atom. The first kappa shape index (κ1) is 24.8. The molecule has 0 saturated carbocycles. The summed E-state index contributed by atoms with van der Waals surface area (Å²) in [5, 5.41) is 3.07. The van der Waals surface area contributed by atoms with Crippen molar-refractivity contribution in [3.63, 3.8) is 0 Å². The highest BCUT2D eigenvalue weighted by Crippen LogP contribution is 2.35. The second kappa shape index (κ2) is 12.4. The first-order valence-corrected chi connectivity index (χ1v) is 12.7. The van der Waals surface area contributed by atoms with Crippen LogP contribution in [0.1, 0.15) is 42.1 Å². The summed E-state index contributed by atoms with van der Waals surface area (Å²) in [6.45, 7) is 5.64. The molecular weight excluding hydrogens is 436 g/mol. The number of ether oxygens (including phenoxy) is 2. The SMILES string of the molecule is CCCN(CCCCNC(=O)c1ccc(-c2ccccc2)cc1)C1COc2c(cccc2OC)C1. The zero-order valence-electron chi connectivity index (χ0n) is 20.8. The van der Waals surface area contributed by atoms with Crippen LogP contribution in [0, 0.1) is 0 Å². The molecule has 3 aromatic carbocycles. The molecular formula is C30H36N2O3. The maximum absolute atomic E-state index is 12.6. The number of fused-ring (bicyclic) bond motifs is 1. The van der Waals surface area contributed by atoms with Crippen molar-refractivity contribution < 1.29 is 14.3 Å². The van der Waals surface area contributed by atoms with Crippen molar-refractivity contribution in [3.8, 4) is 22.6 Å². The zero-order valence-corrected chi connectivity index (χ0v) is 20.8. The Kier molecular flexibility index (Phi) is 8.79. The van der Waals surface area contributed by atoms with E-state index in [4.69, 9.17) is 9.47 Å². The van der Waals surface area contributed by atoms with Crippen LogP contribution in [-0.4, -0.2) is 50.2 Å². The van der Waals surface area contributed by atoms with E-state index < -0.39 is 0 Å². The Balaban J connectivity index is 1.22. The maximum Gasteiger partial charge on any atom is 0.251 e. The predicted octanol–water partition coefficient (Wildman–Crippen LogP) is 5.59. The molecule has 0 aliphatic carbocycles. The summed E-state index contributed by atoms with van der Waals surface area (Å²) in [5.41, 5.74) is 4.19. The third-order valence-electron chi connectivity index (χ3n) is 6.60. The fraction of sp³-hybridized carbons (Fsp3) is 0.367. The van der Waals surface area contributed by atoms with Crippen LogP contribution in [0.25, 0.3) is 11.1 Å². The molecule has 0 saturated heterocycles. The van der Waals surface area contributed by atoms with Crippen molar-refractivity contribution in [3.05, 3.63) is 83.9 Å². The number of benzene rings is 3. The fourth-order valence-electron chi connectivity index (χ4n) is 4.73. The van der Waals surface area contributed by atoms with Gasteiger partial charge in [0.05, 0.1) is 7.11 Å². The van der Waals surface area contributed by atoms with E-state index in [1.807, 2.05) is 54.6 Å². The number of amides is 1. The first-order valence-electron chi connectivity index (χ1n) is 12.7. The Morgan fingerprint density at radius 2 is 1.74 bits per heavy atom. The molecule has 1 amide bonds. The van der Waals surface area contributed by atoms with Crippen molar-refractivity contribution in [1.29, 1.82) is 0 Å². The van der Waals surface area contributed by atoms with Crippen LogP contribution in [-0.2, 0) is 6.42 Å². The molecule has 5 heteroatoms. The van der Waals surface area contributed by atoms with Gasteiger partial charge in [-0.15, -0.1) is 0 Å². The summed E-state index contributed by atoms with van der Waals surface area (Å²) < 4.78 is 11.6. The summed E-state index contributed by atoms with van der Waals surface area (Å²) in [7, 11) is 1.69. The van der Waals surface area contributed by atoms with E-state index in [9.17, 15) is 4.79 Å². The third kappa shape index (κ3) is 6.43. The Hall–Kier alpha value is -3.31. The summed E-state index contributed by atoms with van der Waals surface area (Å²) in [5.74, 6) is 1.69. The summed E-state index contributed by atoms with van der Waals surface area (Å²) in [6, 6.07) is 24.5. The van der Waals surface area contributed by atoms with Crippen LogP contribution in [0.3, 0.4) is 0 Å².